The van der Waals surface area contributed by atoms with Crippen LogP contribution >= 0.6 is 0 Å². The molecule has 2 heterocycles. The van der Waals surface area contributed by atoms with E-state index in [0.717, 1.165) is 47.1 Å². The Hall–Kier alpha value is -4.16. The lowest BCUT2D eigenvalue weighted by Gasteiger charge is -2.32. The largest absolute Gasteiger partial charge is 0.395 e. The zero-order valence-electron chi connectivity index (χ0n) is 23.1. The smallest absolute Gasteiger partial charge is 0.183 e. The number of aliphatic hydroxyl groups is 1. The first-order valence-electron chi connectivity index (χ1n) is 14.1. The van der Waals surface area contributed by atoms with Gasteiger partial charge >= 0.3 is 0 Å². The number of nitrogens with one attached hydrogen (secondary N) is 1. The molecule has 0 unspecified atom stereocenters. The second-order valence-corrected chi connectivity index (χ2v) is 10.7. The van der Waals surface area contributed by atoms with Crippen LogP contribution in [-0.4, -0.2) is 40.9 Å². The number of carbonyl (C=O) groups is 2. The van der Waals surface area contributed by atoms with Gasteiger partial charge in [-0.05, 0) is 90.6 Å². The zero-order chi connectivity index (χ0) is 27.9. The van der Waals surface area contributed by atoms with Gasteiger partial charge in [-0.3, -0.25) is 9.59 Å². The average Bonchev–Trinajstić information content (AvgIpc) is 3.44. The minimum Gasteiger partial charge on any atom is -0.395 e. The molecule has 40 heavy (non-hydrogen) atoms. The molecule has 1 aliphatic rings. The van der Waals surface area contributed by atoms with Crippen molar-refractivity contribution in [1.82, 2.24) is 4.57 Å². The molecule has 1 aliphatic heterocycles. The second-order valence-electron chi connectivity index (χ2n) is 10.7. The topological polar surface area (TPSA) is 74.6 Å². The first-order valence-corrected chi connectivity index (χ1v) is 14.1. The van der Waals surface area contributed by atoms with Crippen molar-refractivity contribution in [2.75, 3.05) is 29.9 Å². The molecule has 6 heteroatoms. The number of hydrogen-bond acceptors (Lipinski definition) is 5. The summed E-state index contributed by atoms with van der Waals surface area (Å²) in [6.45, 7) is 4.89. The predicted octanol–water partition coefficient (Wildman–Crippen LogP) is 6.31. The molecule has 1 aromatic heterocycles. The highest BCUT2D eigenvalue weighted by atomic mass is 16.3. The summed E-state index contributed by atoms with van der Waals surface area (Å²) in [4.78, 5) is 28.0. The van der Waals surface area contributed by atoms with Gasteiger partial charge in [-0.25, -0.2) is 0 Å². The highest BCUT2D eigenvalue weighted by Gasteiger charge is 2.17. The van der Waals surface area contributed by atoms with Gasteiger partial charge in [-0.1, -0.05) is 31.2 Å². The van der Waals surface area contributed by atoms with Crippen LogP contribution in [-0.2, 0) is 19.4 Å². The van der Waals surface area contributed by atoms with E-state index in [-0.39, 0.29) is 18.2 Å². The van der Waals surface area contributed by atoms with E-state index < -0.39 is 0 Å². The Labute approximate surface area is 236 Å². The van der Waals surface area contributed by atoms with Crippen LogP contribution in [0, 0.1) is 5.92 Å². The highest BCUT2D eigenvalue weighted by Crippen LogP contribution is 2.24. The molecular formula is C34H37N3O3. The van der Waals surface area contributed by atoms with Crippen molar-refractivity contribution < 1.29 is 14.7 Å². The third kappa shape index (κ3) is 6.88. The highest BCUT2D eigenvalue weighted by molar-refractivity contribution is 5.98. The summed E-state index contributed by atoms with van der Waals surface area (Å²) in [6.07, 6.45) is 4.93. The number of piperidine rings is 1. The van der Waals surface area contributed by atoms with Crippen molar-refractivity contribution in [3.05, 3.63) is 114 Å². The van der Waals surface area contributed by atoms with E-state index >= 15 is 0 Å². The first-order chi connectivity index (χ1) is 19.5. The van der Waals surface area contributed by atoms with Crippen LogP contribution in [0.5, 0.6) is 0 Å². The fourth-order valence-electron chi connectivity index (χ4n) is 5.24. The molecule has 0 aliphatic carbocycles. The molecule has 0 atom stereocenters. The molecule has 1 fully saturated rings. The third-order valence-electron chi connectivity index (χ3n) is 7.72. The molecule has 0 bridgehead atoms. The summed E-state index contributed by atoms with van der Waals surface area (Å²) in [5.74, 6) is 0.939. The Morgan fingerprint density at radius 3 is 1.95 bits per heavy atom. The number of aliphatic hydroxyl groups excluding tert-OH is 1. The Morgan fingerprint density at radius 2 is 1.38 bits per heavy atom. The van der Waals surface area contributed by atoms with E-state index in [1.807, 2.05) is 72.9 Å². The fraction of sp³-hybridized carbons (Fsp3) is 0.294. The van der Waals surface area contributed by atoms with Gasteiger partial charge in [0.25, 0.3) is 0 Å². The molecule has 4 aromatic rings. The maximum atomic E-state index is 12.9. The standard InChI is InChI=1S/C34H37N3O3/c1-25-16-19-36(20-17-25)31-14-8-28(9-15-31)33(39)23-26-4-10-29(11-5-26)35-30-12-6-27(7-13-30)24-34(40)32-3-2-18-37(32)21-22-38/h2-15,18,25,35,38H,16-17,19-24H2,1H3. The maximum Gasteiger partial charge on any atom is 0.183 e. The lowest BCUT2D eigenvalue weighted by Crippen LogP contribution is -2.32. The van der Waals surface area contributed by atoms with E-state index in [1.54, 1.807) is 10.6 Å². The Morgan fingerprint density at radius 1 is 0.800 bits per heavy atom. The summed E-state index contributed by atoms with van der Waals surface area (Å²) in [5, 5.41) is 12.6. The molecule has 0 spiro atoms. The van der Waals surface area contributed by atoms with Gasteiger partial charge in [0.05, 0.1) is 12.3 Å². The van der Waals surface area contributed by atoms with Crippen LogP contribution in [0.15, 0.2) is 91.1 Å². The lowest BCUT2D eigenvalue weighted by molar-refractivity contribution is 0.0978. The van der Waals surface area contributed by atoms with Crippen LogP contribution < -0.4 is 10.2 Å². The van der Waals surface area contributed by atoms with E-state index in [2.05, 4.69) is 29.3 Å². The predicted molar refractivity (Wildman–Crippen MR) is 161 cm³/mol. The Balaban J connectivity index is 1.12. The van der Waals surface area contributed by atoms with Crippen molar-refractivity contribution in [1.29, 1.82) is 0 Å². The van der Waals surface area contributed by atoms with E-state index in [4.69, 9.17) is 0 Å². The molecule has 3 aromatic carbocycles. The average molecular weight is 536 g/mol. The Bertz CT molecular complexity index is 1410. The van der Waals surface area contributed by atoms with Crippen molar-refractivity contribution in [2.45, 2.75) is 39.2 Å². The Kier molecular flexibility index (Phi) is 8.77. The van der Waals surface area contributed by atoms with E-state index in [1.165, 1.54) is 18.5 Å². The molecule has 2 N–H and O–H groups in total. The minimum atomic E-state index is -0.00111. The van der Waals surface area contributed by atoms with Crippen LogP contribution in [0.3, 0.4) is 0 Å². The summed E-state index contributed by atoms with van der Waals surface area (Å²) in [5.41, 5.74) is 6.32. The third-order valence-corrected chi connectivity index (χ3v) is 7.72. The van der Waals surface area contributed by atoms with Gasteiger partial charge in [0.15, 0.2) is 11.6 Å². The number of carbonyl (C=O) groups excluding carboxylic acids is 2. The number of rotatable bonds is 11. The number of ketones is 2. The van der Waals surface area contributed by atoms with Gasteiger partial charge in [0.1, 0.15) is 0 Å². The number of benzene rings is 3. The van der Waals surface area contributed by atoms with Gasteiger partial charge < -0.3 is 19.9 Å². The maximum absolute atomic E-state index is 12.9. The molecule has 206 valence electrons. The van der Waals surface area contributed by atoms with Crippen LogP contribution in [0.4, 0.5) is 17.1 Å². The SMILES string of the molecule is CC1CCN(c2ccc(C(=O)Cc3ccc(Nc4ccc(CC(=O)c5cccn5CCO)cc4)cc3)cc2)CC1. The first kappa shape index (κ1) is 27.4. The van der Waals surface area contributed by atoms with Gasteiger partial charge in [0, 0.05) is 61.3 Å². The minimum absolute atomic E-state index is 0.00111. The molecule has 0 saturated carbocycles. The number of nitrogens with zero attached hydrogens (tertiary/aromatic N) is 2. The number of Topliss-reactive ketones (excluding diaryl/α,β-unsaturated/α-hetero) is 2. The molecular weight excluding hydrogens is 498 g/mol. The molecule has 5 rings (SSSR count). The molecule has 1 saturated heterocycles. The van der Waals surface area contributed by atoms with Crippen LogP contribution in [0.25, 0.3) is 0 Å². The number of hydrogen-bond donors (Lipinski definition) is 2. The quantitative estimate of drug-likeness (QED) is 0.220. The normalized spacial score (nSPS) is 13.8. The molecule has 0 amide bonds. The van der Waals surface area contributed by atoms with Gasteiger partial charge in [-0.15, -0.1) is 0 Å². The second kappa shape index (κ2) is 12.8. The van der Waals surface area contributed by atoms with Gasteiger partial charge in [0.2, 0.25) is 0 Å². The fourth-order valence-corrected chi connectivity index (χ4v) is 5.24. The van der Waals surface area contributed by atoms with Gasteiger partial charge in [-0.2, -0.15) is 0 Å². The van der Waals surface area contributed by atoms with Crippen molar-refractivity contribution >= 4 is 28.6 Å². The monoisotopic (exact) mass is 535 g/mol. The summed E-state index contributed by atoms with van der Waals surface area (Å²) >= 11 is 0. The van der Waals surface area contributed by atoms with Crippen LogP contribution in [0.1, 0.15) is 51.7 Å². The van der Waals surface area contributed by atoms with E-state index in [0.29, 0.717) is 25.1 Å². The van der Waals surface area contributed by atoms with Crippen LogP contribution in [0.2, 0.25) is 0 Å². The lowest BCUT2D eigenvalue weighted by atomic mass is 9.98. The van der Waals surface area contributed by atoms with E-state index in [9.17, 15) is 14.7 Å². The summed E-state index contributed by atoms with van der Waals surface area (Å²) in [6, 6.07) is 27.4. The molecule has 6 nitrogen and oxygen atoms in total. The van der Waals surface area contributed by atoms with Crippen molar-refractivity contribution in [2.24, 2.45) is 5.92 Å². The molecule has 0 radical (unpaired) electrons. The summed E-state index contributed by atoms with van der Waals surface area (Å²) < 4.78 is 1.78. The number of aromatic nitrogens is 1. The van der Waals surface area contributed by atoms with Crippen molar-refractivity contribution in [3.63, 3.8) is 0 Å². The zero-order valence-corrected chi connectivity index (χ0v) is 23.1. The number of anilines is 3. The summed E-state index contributed by atoms with van der Waals surface area (Å²) in [7, 11) is 0. The van der Waals surface area contributed by atoms with Crippen molar-refractivity contribution in [3.8, 4) is 0 Å².